The number of alkyl carbamates (subject to hydrolysis) is 1. The molecule has 1 fully saturated rings. The number of hydrogen-bond donors (Lipinski definition) is 2. The molecule has 0 aromatic heterocycles. The third-order valence-corrected chi connectivity index (χ3v) is 2.50. The van der Waals surface area contributed by atoms with E-state index in [1.807, 2.05) is 0 Å². The Kier molecular flexibility index (Phi) is 3.78. The second-order valence-corrected chi connectivity index (χ2v) is 5.19. The summed E-state index contributed by atoms with van der Waals surface area (Å²) in [7, 11) is 0. The van der Waals surface area contributed by atoms with Crippen LogP contribution in [0.4, 0.5) is 4.79 Å². The van der Waals surface area contributed by atoms with Gasteiger partial charge in [-0.15, -0.1) is 0 Å². The van der Waals surface area contributed by atoms with Crippen molar-refractivity contribution >= 4 is 12.1 Å². The Balaban J connectivity index is 2.34. The summed E-state index contributed by atoms with van der Waals surface area (Å²) in [6.07, 6.45) is 1.35. The largest absolute Gasteiger partial charge is 0.481 e. The van der Waals surface area contributed by atoms with E-state index in [0.29, 0.717) is 19.3 Å². The Bertz CT molecular complexity index is 282. The van der Waals surface area contributed by atoms with Gasteiger partial charge in [0.05, 0.1) is 5.92 Å². The monoisotopic (exact) mass is 229 g/mol. The standard InChI is InChI=1S/C11H19NO4/c1-11(2,3)16-10(15)12-8-5-4-7(6-8)9(13)14/h7-8H,4-6H2,1-3H3,(H,12,15)(H,13,14)/t7?,8-/m1/s1. The number of hydrogen-bond acceptors (Lipinski definition) is 3. The minimum atomic E-state index is -0.784. The normalized spacial score (nSPS) is 25.2. The number of carboxylic acids is 1. The Morgan fingerprint density at radius 2 is 1.94 bits per heavy atom. The second kappa shape index (κ2) is 4.72. The molecular weight excluding hydrogens is 210 g/mol. The minimum Gasteiger partial charge on any atom is -0.481 e. The third-order valence-electron chi connectivity index (χ3n) is 2.50. The van der Waals surface area contributed by atoms with Gasteiger partial charge in [-0.25, -0.2) is 4.79 Å². The van der Waals surface area contributed by atoms with Gasteiger partial charge in [0.1, 0.15) is 5.60 Å². The van der Waals surface area contributed by atoms with Crippen LogP contribution in [0.15, 0.2) is 0 Å². The molecule has 0 heterocycles. The van der Waals surface area contributed by atoms with E-state index in [1.165, 1.54) is 0 Å². The van der Waals surface area contributed by atoms with E-state index in [9.17, 15) is 9.59 Å². The molecule has 1 aliphatic carbocycles. The van der Waals surface area contributed by atoms with Gasteiger partial charge in [-0.3, -0.25) is 4.79 Å². The zero-order chi connectivity index (χ0) is 12.3. The van der Waals surface area contributed by atoms with Gasteiger partial charge in [-0.05, 0) is 40.0 Å². The summed E-state index contributed by atoms with van der Waals surface area (Å²) in [5, 5.41) is 11.5. The average molecular weight is 229 g/mol. The molecule has 92 valence electrons. The summed E-state index contributed by atoms with van der Waals surface area (Å²) in [6.45, 7) is 5.38. The van der Waals surface area contributed by atoms with Crippen LogP contribution in [0.2, 0.25) is 0 Å². The zero-order valence-corrected chi connectivity index (χ0v) is 9.95. The number of nitrogens with one attached hydrogen (secondary N) is 1. The Morgan fingerprint density at radius 3 is 2.38 bits per heavy atom. The molecule has 0 radical (unpaired) electrons. The van der Waals surface area contributed by atoms with Gasteiger partial charge in [0, 0.05) is 6.04 Å². The van der Waals surface area contributed by atoms with Gasteiger partial charge in [0.2, 0.25) is 0 Å². The third kappa shape index (κ3) is 4.08. The highest BCUT2D eigenvalue weighted by Gasteiger charge is 2.31. The molecule has 5 heteroatoms. The Morgan fingerprint density at radius 1 is 1.31 bits per heavy atom. The highest BCUT2D eigenvalue weighted by Crippen LogP contribution is 2.25. The smallest absolute Gasteiger partial charge is 0.407 e. The fourth-order valence-corrected chi connectivity index (χ4v) is 1.81. The molecule has 0 spiro atoms. The minimum absolute atomic E-state index is 0.0732. The summed E-state index contributed by atoms with van der Waals surface area (Å²) in [5.41, 5.74) is -0.519. The number of amides is 1. The van der Waals surface area contributed by atoms with Crippen molar-refractivity contribution < 1.29 is 19.4 Å². The first kappa shape index (κ1) is 12.8. The van der Waals surface area contributed by atoms with Gasteiger partial charge in [0.15, 0.2) is 0 Å². The summed E-state index contributed by atoms with van der Waals surface area (Å²) in [4.78, 5) is 22.1. The molecule has 0 aromatic rings. The summed E-state index contributed by atoms with van der Waals surface area (Å²) in [5.74, 6) is -1.12. The van der Waals surface area contributed by atoms with Crippen molar-refractivity contribution in [1.29, 1.82) is 0 Å². The lowest BCUT2D eigenvalue weighted by atomic mass is 10.1. The number of ether oxygens (including phenoxy) is 1. The summed E-state index contributed by atoms with van der Waals surface area (Å²) in [6, 6.07) is -0.0732. The van der Waals surface area contributed by atoms with Crippen LogP contribution >= 0.6 is 0 Å². The first-order valence-corrected chi connectivity index (χ1v) is 5.50. The molecule has 1 amide bonds. The predicted molar refractivity (Wildman–Crippen MR) is 58.1 cm³/mol. The lowest BCUT2D eigenvalue weighted by Gasteiger charge is -2.21. The average Bonchev–Trinajstić information content (AvgIpc) is 2.48. The molecule has 0 aromatic carbocycles. The number of carbonyl (C=O) groups excluding carboxylic acids is 1. The van der Waals surface area contributed by atoms with Crippen LogP contribution in [0.3, 0.4) is 0 Å². The highest BCUT2D eigenvalue weighted by atomic mass is 16.6. The summed E-state index contributed by atoms with van der Waals surface area (Å²) >= 11 is 0. The van der Waals surface area contributed by atoms with E-state index in [-0.39, 0.29) is 12.0 Å². The SMILES string of the molecule is CC(C)(C)OC(=O)N[C@@H]1CCC(C(=O)O)C1. The van der Waals surface area contributed by atoms with Crippen LogP contribution < -0.4 is 5.32 Å². The Labute approximate surface area is 95.2 Å². The lowest BCUT2D eigenvalue weighted by Crippen LogP contribution is -2.38. The van der Waals surface area contributed by atoms with Crippen molar-refractivity contribution in [2.75, 3.05) is 0 Å². The van der Waals surface area contributed by atoms with Crippen LogP contribution in [0.25, 0.3) is 0 Å². The van der Waals surface area contributed by atoms with E-state index >= 15 is 0 Å². The van der Waals surface area contributed by atoms with Crippen molar-refractivity contribution in [2.45, 2.75) is 51.7 Å². The van der Waals surface area contributed by atoms with Crippen LogP contribution in [-0.2, 0) is 9.53 Å². The van der Waals surface area contributed by atoms with Gasteiger partial charge >= 0.3 is 12.1 Å². The maximum Gasteiger partial charge on any atom is 0.407 e. The summed E-state index contributed by atoms with van der Waals surface area (Å²) < 4.78 is 5.10. The van der Waals surface area contributed by atoms with Gasteiger partial charge in [0.25, 0.3) is 0 Å². The molecule has 16 heavy (non-hydrogen) atoms. The van der Waals surface area contributed by atoms with Crippen LogP contribution in [0.1, 0.15) is 40.0 Å². The topological polar surface area (TPSA) is 75.6 Å². The number of carbonyl (C=O) groups is 2. The fraction of sp³-hybridized carbons (Fsp3) is 0.818. The van der Waals surface area contributed by atoms with E-state index in [1.54, 1.807) is 20.8 Å². The van der Waals surface area contributed by atoms with Crippen LogP contribution in [0, 0.1) is 5.92 Å². The molecule has 0 aliphatic heterocycles. The molecule has 0 bridgehead atoms. The van der Waals surface area contributed by atoms with Crippen molar-refractivity contribution in [3.63, 3.8) is 0 Å². The molecule has 0 saturated heterocycles. The zero-order valence-electron chi connectivity index (χ0n) is 9.95. The van der Waals surface area contributed by atoms with Crippen LogP contribution in [0.5, 0.6) is 0 Å². The fourth-order valence-electron chi connectivity index (χ4n) is 1.81. The molecule has 1 unspecified atom stereocenters. The van der Waals surface area contributed by atoms with Gasteiger partial charge in [-0.2, -0.15) is 0 Å². The van der Waals surface area contributed by atoms with Crippen molar-refractivity contribution in [3.05, 3.63) is 0 Å². The molecular formula is C11H19NO4. The highest BCUT2D eigenvalue weighted by molar-refractivity contribution is 5.71. The second-order valence-electron chi connectivity index (χ2n) is 5.19. The van der Waals surface area contributed by atoms with Gasteiger partial charge < -0.3 is 15.2 Å². The molecule has 2 N–H and O–H groups in total. The molecule has 1 aliphatic rings. The quantitative estimate of drug-likeness (QED) is 0.756. The number of carboxylic acid groups (broad SMARTS) is 1. The van der Waals surface area contributed by atoms with Crippen molar-refractivity contribution in [1.82, 2.24) is 5.32 Å². The van der Waals surface area contributed by atoms with E-state index in [2.05, 4.69) is 5.32 Å². The predicted octanol–water partition coefficient (Wildman–Crippen LogP) is 1.76. The lowest BCUT2D eigenvalue weighted by molar-refractivity contribution is -0.141. The van der Waals surface area contributed by atoms with Crippen molar-refractivity contribution in [2.24, 2.45) is 5.92 Å². The number of aliphatic carboxylic acids is 1. The number of rotatable bonds is 2. The van der Waals surface area contributed by atoms with E-state index in [4.69, 9.17) is 9.84 Å². The van der Waals surface area contributed by atoms with E-state index in [0.717, 1.165) is 0 Å². The first-order chi connectivity index (χ1) is 7.28. The molecule has 5 nitrogen and oxygen atoms in total. The van der Waals surface area contributed by atoms with Gasteiger partial charge in [-0.1, -0.05) is 0 Å². The maximum absolute atomic E-state index is 11.4. The Hall–Kier alpha value is -1.26. The molecule has 1 rings (SSSR count). The van der Waals surface area contributed by atoms with E-state index < -0.39 is 17.7 Å². The van der Waals surface area contributed by atoms with Crippen LogP contribution in [-0.4, -0.2) is 28.8 Å². The molecule has 2 atom stereocenters. The van der Waals surface area contributed by atoms with Crippen molar-refractivity contribution in [3.8, 4) is 0 Å². The molecule has 1 saturated carbocycles. The maximum atomic E-state index is 11.4. The first-order valence-electron chi connectivity index (χ1n) is 5.50.